The molecule has 0 rings (SSSR count). The first-order valence-electron chi connectivity index (χ1n) is 5.84. The molecule has 0 aromatic rings. The van der Waals surface area contributed by atoms with E-state index in [1.165, 1.54) is 12.8 Å². The van der Waals surface area contributed by atoms with Crippen LogP contribution in [0.2, 0.25) is 0 Å². The molecule has 0 saturated carbocycles. The molecule has 1 unspecified atom stereocenters. The van der Waals surface area contributed by atoms with E-state index in [-0.39, 0.29) is 5.60 Å². The molecule has 0 aromatic carbocycles. The van der Waals surface area contributed by atoms with Crippen LogP contribution in [0, 0.1) is 5.92 Å². The van der Waals surface area contributed by atoms with Crippen molar-refractivity contribution in [1.82, 2.24) is 5.32 Å². The maximum atomic E-state index is 5.71. The average Bonchev–Trinajstić information content (AvgIpc) is 2.09. The second-order valence-corrected chi connectivity index (χ2v) is 4.83. The lowest BCUT2D eigenvalue weighted by molar-refractivity contribution is -0.00936. The van der Waals surface area contributed by atoms with E-state index in [1.807, 2.05) is 0 Å². The monoisotopic (exact) mass is 201 g/mol. The summed E-state index contributed by atoms with van der Waals surface area (Å²) in [5, 5.41) is 3.39. The maximum absolute atomic E-state index is 5.71. The van der Waals surface area contributed by atoms with Gasteiger partial charge in [-0.05, 0) is 46.2 Å². The van der Waals surface area contributed by atoms with Gasteiger partial charge in [0.2, 0.25) is 0 Å². The van der Waals surface area contributed by atoms with E-state index in [9.17, 15) is 0 Å². The molecule has 0 radical (unpaired) electrons. The Hall–Kier alpha value is -0.0800. The lowest BCUT2D eigenvalue weighted by Gasteiger charge is -2.22. The molecule has 86 valence electrons. The van der Waals surface area contributed by atoms with E-state index in [0.717, 1.165) is 25.6 Å². The van der Waals surface area contributed by atoms with Crippen LogP contribution in [0.1, 0.15) is 47.5 Å². The number of nitrogens with one attached hydrogen (secondary N) is 1. The smallest absolute Gasteiger partial charge is 0.0598 e. The summed E-state index contributed by atoms with van der Waals surface area (Å²) < 4.78 is 5.71. The van der Waals surface area contributed by atoms with Gasteiger partial charge in [-0.2, -0.15) is 0 Å². The minimum Gasteiger partial charge on any atom is -0.376 e. The molecule has 14 heavy (non-hydrogen) atoms. The number of ether oxygens (including phenoxy) is 1. The van der Waals surface area contributed by atoms with Crippen molar-refractivity contribution in [3.8, 4) is 0 Å². The Kier molecular flexibility index (Phi) is 7.20. The largest absolute Gasteiger partial charge is 0.376 e. The molecule has 0 fully saturated rings. The average molecular weight is 201 g/mol. The highest BCUT2D eigenvalue weighted by Gasteiger charge is 2.11. The van der Waals surface area contributed by atoms with Crippen LogP contribution in [0.5, 0.6) is 0 Å². The third-order valence-electron chi connectivity index (χ3n) is 2.32. The van der Waals surface area contributed by atoms with Gasteiger partial charge in [0.1, 0.15) is 0 Å². The number of hydrogen-bond donors (Lipinski definition) is 1. The molecular formula is C12H27NO. The molecule has 0 aliphatic heterocycles. The minimum absolute atomic E-state index is 0.0104. The molecule has 0 spiro atoms. The van der Waals surface area contributed by atoms with Crippen LogP contribution in [0.25, 0.3) is 0 Å². The number of rotatable bonds is 7. The summed E-state index contributed by atoms with van der Waals surface area (Å²) in [5.74, 6) is 0.761. The van der Waals surface area contributed by atoms with Crippen molar-refractivity contribution in [2.75, 3.05) is 19.7 Å². The first kappa shape index (κ1) is 13.9. The Bertz CT molecular complexity index is 129. The highest BCUT2D eigenvalue weighted by Crippen LogP contribution is 2.12. The maximum Gasteiger partial charge on any atom is 0.0598 e. The van der Waals surface area contributed by atoms with Crippen LogP contribution < -0.4 is 5.32 Å². The topological polar surface area (TPSA) is 21.3 Å². The van der Waals surface area contributed by atoms with Crippen molar-refractivity contribution in [3.05, 3.63) is 0 Å². The highest BCUT2D eigenvalue weighted by molar-refractivity contribution is 4.63. The van der Waals surface area contributed by atoms with Crippen molar-refractivity contribution in [2.24, 2.45) is 5.92 Å². The molecule has 1 N–H and O–H groups in total. The molecule has 1 atom stereocenters. The van der Waals surface area contributed by atoms with Crippen molar-refractivity contribution >= 4 is 0 Å². The van der Waals surface area contributed by atoms with E-state index in [1.54, 1.807) is 0 Å². The van der Waals surface area contributed by atoms with Gasteiger partial charge in [-0.3, -0.25) is 0 Å². The van der Waals surface area contributed by atoms with Gasteiger partial charge < -0.3 is 10.1 Å². The molecule has 0 aliphatic rings. The summed E-state index contributed by atoms with van der Waals surface area (Å²) in [6.07, 6.45) is 2.40. The van der Waals surface area contributed by atoms with E-state index < -0.39 is 0 Å². The van der Waals surface area contributed by atoms with Crippen molar-refractivity contribution in [1.29, 1.82) is 0 Å². The third-order valence-corrected chi connectivity index (χ3v) is 2.32. The fourth-order valence-corrected chi connectivity index (χ4v) is 1.33. The van der Waals surface area contributed by atoms with E-state index >= 15 is 0 Å². The molecule has 2 nitrogen and oxygen atoms in total. The van der Waals surface area contributed by atoms with E-state index in [4.69, 9.17) is 4.74 Å². The first-order chi connectivity index (χ1) is 6.49. The normalized spacial score (nSPS) is 14.4. The molecule has 0 heterocycles. The van der Waals surface area contributed by atoms with Crippen LogP contribution >= 0.6 is 0 Å². The zero-order chi connectivity index (χ0) is 11.0. The molecular weight excluding hydrogens is 174 g/mol. The Balaban J connectivity index is 3.52. The number of hydrogen-bond acceptors (Lipinski definition) is 2. The van der Waals surface area contributed by atoms with Crippen LogP contribution in [-0.4, -0.2) is 25.3 Å². The van der Waals surface area contributed by atoms with Crippen molar-refractivity contribution in [3.63, 3.8) is 0 Å². The van der Waals surface area contributed by atoms with Gasteiger partial charge in [-0.15, -0.1) is 0 Å². The fraction of sp³-hybridized carbons (Fsp3) is 1.00. The minimum atomic E-state index is 0.0104. The second kappa shape index (κ2) is 7.24. The molecule has 0 amide bonds. The lowest BCUT2D eigenvalue weighted by Crippen LogP contribution is -2.25. The van der Waals surface area contributed by atoms with E-state index in [0.29, 0.717) is 0 Å². The fourth-order valence-electron chi connectivity index (χ4n) is 1.33. The third kappa shape index (κ3) is 8.52. The van der Waals surface area contributed by atoms with Crippen LogP contribution in [0.15, 0.2) is 0 Å². The molecule has 0 aliphatic carbocycles. The molecule has 0 bridgehead atoms. The van der Waals surface area contributed by atoms with Gasteiger partial charge in [0.25, 0.3) is 0 Å². The summed E-state index contributed by atoms with van der Waals surface area (Å²) in [6, 6.07) is 0. The summed E-state index contributed by atoms with van der Waals surface area (Å²) in [6.45, 7) is 13.8. The summed E-state index contributed by atoms with van der Waals surface area (Å²) in [7, 11) is 0. The lowest BCUT2D eigenvalue weighted by atomic mass is 10.0. The highest BCUT2D eigenvalue weighted by atomic mass is 16.5. The Morgan fingerprint density at radius 2 is 1.86 bits per heavy atom. The molecule has 2 heteroatoms. The Labute approximate surface area is 89.4 Å². The quantitative estimate of drug-likeness (QED) is 0.684. The van der Waals surface area contributed by atoms with Gasteiger partial charge in [0.15, 0.2) is 0 Å². The van der Waals surface area contributed by atoms with Gasteiger partial charge in [0, 0.05) is 6.61 Å². The summed E-state index contributed by atoms with van der Waals surface area (Å²) in [4.78, 5) is 0. The van der Waals surface area contributed by atoms with Crippen molar-refractivity contribution < 1.29 is 4.74 Å². The van der Waals surface area contributed by atoms with Crippen LogP contribution in [0.3, 0.4) is 0 Å². The second-order valence-electron chi connectivity index (χ2n) is 4.83. The van der Waals surface area contributed by atoms with Crippen LogP contribution in [0.4, 0.5) is 0 Å². The zero-order valence-corrected chi connectivity index (χ0v) is 10.5. The van der Waals surface area contributed by atoms with E-state index in [2.05, 4.69) is 39.9 Å². The Morgan fingerprint density at radius 1 is 1.21 bits per heavy atom. The van der Waals surface area contributed by atoms with Gasteiger partial charge >= 0.3 is 0 Å². The van der Waals surface area contributed by atoms with Gasteiger partial charge in [0.05, 0.1) is 5.60 Å². The molecule has 0 aromatic heterocycles. The SMILES string of the molecule is CCNCC(CC)CCOC(C)(C)C. The predicted octanol–water partition coefficient (Wildman–Crippen LogP) is 2.83. The predicted molar refractivity (Wildman–Crippen MR) is 62.6 cm³/mol. The van der Waals surface area contributed by atoms with Crippen LogP contribution in [-0.2, 0) is 4.74 Å². The molecule has 0 saturated heterocycles. The van der Waals surface area contributed by atoms with Gasteiger partial charge in [-0.1, -0.05) is 20.3 Å². The standard InChI is InChI=1S/C12H27NO/c1-6-11(10-13-7-2)8-9-14-12(3,4)5/h11,13H,6-10H2,1-5H3. The van der Waals surface area contributed by atoms with Crippen molar-refractivity contribution in [2.45, 2.75) is 53.1 Å². The summed E-state index contributed by atoms with van der Waals surface area (Å²) in [5.41, 5.74) is 0.0104. The Morgan fingerprint density at radius 3 is 2.29 bits per heavy atom. The summed E-state index contributed by atoms with van der Waals surface area (Å²) >= 11 is 0. The zero-order valence-electron chi connectivity index (χ0n) is 10.5. The first-order valence-corrected chi connectivity index (χ1v) is 5.84. The van der Waals surface area contributed by atoms with Gasteiger partial charge in [-0.25, -0.2) is 0 Å².